The molecule has 2 fully saturated rings. The molecule has 1 amide bonds. The molecule has 0 aromatic heterocycles. The van der Waals surface area contributed by atoms with Crippen molar-refractivity contribution in [2.75, 3.05) is 20.8 Å². The number of carbonyl (C=O) groups is 5. The molecule has 5 aliphatic rings. The van der Waals surface area contributed by atoms with Crippen molar-refractivity contribution in [3.05, 3.63) is 56.6 Å². The molecule has 1 aliphatic heterocycles. The maximum Gasteiger partial charge on any atom is 0.255 e. The molecular weight excluding hydrogens is 720 g/mol. The van der Waals surface area contributed by atoms with Crippen molar-refractivity contribution < 1.29 is 68.8 Å². The summed E-state index contributed by atoms with van der Waals surface area (Å²) in [4.78, 5) is 75.1. The molecule has 1 heterocycles. The summed E-state index contributed by atoms with van der Waals surface area (Å²) in [5.41, 5.74) is -9.67. The summed E-state index contributed by atoms with van der Waals surface area (Å²) in [6, 6.07) is 2.11. The van der Waals surface area contributed by atoms with Crippen LogP contribution in [-0.4, -0.2) is 129 Å². The van der Waals surface area contributed by atoms with Gasteiger partial charge in [-0.3, -0.25) is 29.0 Å². The van der Waals surface area contributed by atoms with E-state index in [0.717, 1.165) is 45.3 Å². The van der Waals surface area contributed by atoms with Gasteiger partial charge in [-0.15, -0.1) is 0 Å². The van der Waals surface area contributed by atoms with Crippen molar-refractivity contribution in [2.45, 2.75) is 107 Å². The first kappa shape index (κ1) is 38.8. The predicted octanol–water partition coefficient (Wildman–Crippen LogP) is 0.977. The number of nitrogens with one attached hydrogen (secondary N) is 1. The Hall–Kier alpha value is -4.42. The van der Waals surface area contributed by atoms with Crippen molar-refractivity contribution in [3.63, 3.8) is 0 Å². The maximum absolute atomic E-state index is 14.8. The minimum Gasteiger partial charge on any atom is -0.507 e. The van der Waals surface area contributed by atoms with Crippen LogP contribution in [0.5, 0.6) is 11.5 Å². The monoisotopic (exact) mass is 764 g/mol. The van der Waals surface area contributed by atoms with Crippen LogP contribution in [0, 0.1) is 12.8 Å². The van der Waals surface area contributed by atoms with Crippen molar-refractivity contribution >= 4 is 34.8 Å². The molecule has 0 unspecified atom stereocenters. The van der Waals surface area contributed by atoms with Gasteiger partial charge < -0.3 is 50.2 Å². The quantitative estimate of drug-likeness (QED) is 0.216. The van der Waals surface area contributed by atoms with Crippen LogP contribution < -0.4 is 5.32 Å². The highest BCUT2D eigenvalue weighted by Gasteiger charge is 2.72. The summed E-state index contributed by atoms with van der Waals surface area (Å²) < 4.78 is 16.7. The average Bonchev–Trinajstić information content (AvgIpc) is 3.13. The lowest BCUT2D eigenvalue weighted by Gasteiger charge is -2.53. The average molecular weight is 765 g/mol. The Bertz CT molecular complexity index is 2060. The molecule has 4 aliphatic carbocycles. The van der Waals surface area contributed by atoms with Crippen molar-refractivity contribution in [1.82, 2.24) is 5.32 Å². The third-order valence-corrected chi connectivity index (χ3v) is 12.1. The zero-order valence-corrected chi connectivity index (χ0v) is 30.7. The van der Waals surface area contributed by atoms with Crippen LogP contribution in [0.15, 0.2) is 17.1 Å². The van der Waals surface area contributed by atoms with Crippen LogP contribution in [0.2, 0.25) is 0 Å². The number of nitrogens with zero attached hydrogens (tertiary/aromatic N) is 1. The summed E-state index contributed by atoms with van der Waals surface area (Å²) >= 11 is 0. The van der Waals surface area contributed by atoms with Gasteiger partial charge in [-0.05, 0) is 43.9 Å². The van der Waals surface area contributed by atoms with Gasteiger partial charge in [-0.2, -0.15) is 0 Å². The molecule has 0 bridgehead atoms. The number of amides is 1. The van der Waals surface area contributed by atoms with Gasteiger partial charge in [0.05, 0.1) is 59.7 Å². The Morgan fingerprint density at radius 2 is 1.69 bits per heavy atom. The summed E-state index contributed by atoms with van der Waals surface area (Å²) in [5.74, 6) is -8.13. The highest BCUT2D eigenvalue weighted by atomic mass is 16.6. The minimum atomic E-state index is -3.22. The molecule has 55 heavy (non-hydrogen) atoms. The van der Waals surface area contributed by atoms with E-state index in [0.29, 0.717) is 0 Å². The number of aliphatic hydroxyl groups excluding tert-OH is 3. The van der Waals surface area contributed by atoms with E-state index in [9.17, 15) is 54.6 Å². The lowest BCUT2D eigenvalue weighted by Crippen LogP contribution is -2.73. The second kappa shape index (κ2) is 14.0. The number of aliphatic hydroxyl groups is 4. The SMILES string of the molecule is CO[C@@H]1[C@@H](O)[C@@H](CO)[C@@H](N=C2CC(=O)c3c(cc4c(c3O)C(=O)[C@]3(OC)[C@H](O)Cc5cc(C)c(C(=O)NC6CCCCC6)c(O)c5[C@]3(O)C4=O)C2=O)O[C@H]1C. The fourth-order valence-corrected chi connectivity index (χ4v) is 9.38. The molecule has 0 radical (unpaired) electrons. The standard InChI is InChI=1S/C39H44N2O14/c1-15-10-17-11-24(44)39(54-4)35(50)27-20(34(49)38(39,52)28(17)32(48)25(15)36(51)40-18-8-6-5-7-9-18)12-19-26(31(27)47)23(43)13-22(29(19)45)41-37-21(14-42)30(46)33(53-3)16(2)55-37/h10,12,16,18,21,24,30,33,37,42,44,46-48,52H,5-9,11,13-14H2,1-4H3,(H,40,51)/t16-,21+,24+,30-,33-,37-,38-,39+/m0/s1. The molecular formula is C39H44N2O14. The first-order valence-corrected chi connectivity index (χ1v) is 18.3. The second-order valence-electron chi connectivity index (χ2n) is 15.1. The maximum atomic E-state index is 14.8. The predicted molar refractivity (Wildman–Crippen MR) is 190 cm³/mol. The smallest absolute Gasteiger partial charge is 0.255 e. The number of hydrogen-bond acceptors (Lipinski definition) is 15. The summed E-state index contributed by atoms with van der Waals surface area (Å²) in [6.07, 6.45) is -2.95. The van der Waals surface area contributed by atoms with Gasteiger partial charge in [0, 0.05) is 43.4 Å². The Balaban J connectivity index is 1.37. The van der Waals surface area contributed by atoms with Gasteiger partial charge in [0.25, 0.3) is 5.91 Å². The van der Waals surface area contributed by atoms with E-state index in [1.807, 2.05) is 0 Å². The van der Waals surface area contributed by atoms with E-state index < -0.39 is 141 Å². The zero-order valence-electron chi connectivity index (χ0n) is 30.7. The summed E-state index contributed by atoms with van der Waals surface area (Å²) in [7, 11) is 2.30. The largest absolute Gasteiger partial charge is 0.507 e. The van der Waals surface area contributed by atoms with Gasteiger partial charge in [-0.25, -0.2) is 0 Å². The number of benzene rings is 2. The van der Waals surface area contributed by atoms with Crippen molar-refractivity contribution in [3.8, 4) is 11.5 Å². The van der Waals surface area contributed by atoms with Gasteiger partial charge in [0.2, 0.25) is 17.3 Å². The molecule has 2 aromatic rings. The number of phenolic OH excluding ortho intramolecular Hbond substituents is 2. The summed E-state index contributed by atoms with van der Waals surface area (Å²) in [6.45, 7) is 2.50. The van der Waals surface area contributed by atoms with Gasteiger partial charge in [0.15, 0.2) is 23.2 Å². The summed E-state index contributed by atoms with van der Waals surface area (Å²) in [5, 5.41) is 71.5. The number of methoxy groups -OCH3 is 2. The first-order valence-electron chi connectivity index (χ1n) is 18.3. The number of ether oxygens (including phenoxy) is 3. The highest BCUT2D eigenvalue weighted by Crippen LogP contribution is 2.56. The number of ketones is 4. The van der Waals surface area contributed by atoms with Crippen LogP contribution >= 0.6 is 0 Å². The number of hydrogen-bond donors (Lipinski definition) is 7. The molecule has 2 aromatic carbocycles. The van der Waals surface area contributed by atoms with E-state index in [1.54, 1.807) is 6.92 Å². The van der Waals surface area contributed by atoms with E-state index in [4.69, 9.17) is 14.2 Å². The normalized spacial score (nSPS) is 32.8. The Morgan fingerprint density at radius 3 is 2.33 bits per heavy atom. The molecule has 8 atom stereocenters. The van der Waals surface area contributed by atoms with Crippen LogP contribution in [0.3, 0.4) is 0 Å². The van der Waals surface area contributed by atoms with E-state index in [2.05, 4.69) is 10.3 Å². The lowest BCUT2D eigenvalue weighted by atomic mass is 9.56. The number of rotatable bonds is 6. The number of phenols is 2. The molecule has 1 saturated carbocycles. The van der Waals surface area contributed by atoms with Crippen molar-refractivity contribution in [2.24, 2.45) is 10.9 Å². The van der Waals surface area contributed by atoms with Crippen LogP contribution in [-0.2, 0) is 26.2 Å². The molecule has 7 N–H and O–H groups in total. The van der Waals surface area contributed by atoms with Crippen LogP contribution in [0.4, 0.5) is 0 Å². The Kier molecular flexibility index (Phi) is 9.85. The molecule has 7 rings (SSSR count). The second-order valence-corrected chi connectivity index (χ2v) is 15.1. The molecule has 294 valence electrons. The van der Waals surface area contributed by atoms with Crippen LogP contribution in [0.1, 0.15) is 114 Å². The third kappa shape index (κ3) is 5.44. The molecule has 1 saturated heterocycles. The van der Waals surface area contributed by atoms with Crippen LogP contribution in [0.25, 0.3) is 0 Å². The Labute approximate surface area is 315 Å². The lowest BCUT2D eigenvalue weighted by molar-refractivity contribution is -0.206. The zero-order chi connectivity index (χ0) is 39.9. The third-order valence-electron chi connectivity index (χ3n) is 12.1. The fourth-order valence-electron chi connectivity index (χ4n) is 9.38. The minimum absolute atomic E-state index is 0.0393. The number of aryl methyl sites for hydroxylation is 1. The Morgan fingerprint density at radius 1 is 1.00 bits per heavy atom. The van der Waals surface area contributed by atoms with Gasteiger partial charge in [-0.1, -0.05) is 25.3 Å². The number of carbonyl (C=O) groups excluding carboxylic acids is 5. The molecule has 16 heteroatoms. The number of aliphatic imine (C=N–C) groups is 1. The fraction of sp³-hybridized carbons (Fsp3) is 0.538. The van der Waals surface area contributed by atoms with E-state index >= 15 is 0 Å². The van der Waals surface area contributed by atoms with Gasteiger partial charge in [0.1, 0.15) is 17.6 Å². The number of fused-ring (bicyclic) bond motifs is 5. The molecule has 0 spiro atoms. The van der Waals surface area contributed by atoms with Crippen molar-refractivity contribution in [1.29, 1.82) is 0 Å². The van der Waals surface area contributed by atoms with E-state index in [1.165, 1.54) is 20.1 Å². The number of aromatic hydroxyl groups is 2. The molecule has 16 nitrogen and oxygen atoms in total. The topological polar surface area (TPSA) is 259 Å². The highest BCUT2D eigenvalue weighted by molar-refractivity contribution is 6.53. The number of Topliss-reactive ketones (excluding diaryl/α,β-unsaturated/α-hetero) is 4. The van der Waals surface area contributed by atoms with Gasteiger partial charge >= 0.3 is 0 Å². The first-order chi connectivity index (χ1) is 26.1. The van der Waals surface area contributed by atoms with E-state index in [-0.39, 0.29) is 22.7 Å².